The van der Waals surface area contributed by atoms with Crippen molar-refractivity contribution in [2.24, 2.45) is 0 Å². The zero-order valence-corrected chi connectivity index (χ0v) is 9.59. The molecule has 0 spiro atoms. The van der Waals surface area contributed by atoms with Gasteiger partial charge in [0.15, 0.2) is 6.10 Å². The van der Waals surface area contributed by atoms with Crippen LogP contribution >= 0.6 is 0 Å². The number of hydrogen-bond acceptors (Lipinski definition) is 4. The van der Waals surface area contributed by atoms with Gasteiger partial charge in [-0.15, -0.1) is 0 Å². The number of carboxylic acids is 1. The maximum atomic E-state index is 11.6. The first-order valence-electron chi connectivity index (χ1n) is 5.62. The van der Waals surface area contributed by atoms with Crippen molar-refractivity contribution >= 4 is 12.0 Å². The van der Waals surface area contributed by atoms with Crippen molar-refractivity contribution in [1.82, 2.24) is 10.2 Å². The van der Waals surface area contributed by atoms with Crippen LogP contribution in [0.4, 0.5) is 4.79 Å². The highest BCUT2D eigenvalue weighted by atomic mass is 16.5. The predicted molar refractivity (Wildman–Crippen MR) is 58.7 cm³/mol. The lowest BCUT2D eigenvalue weighted by Gasteiger charge is -2.20. The van der Waals surface area contributed by atoms with Gasteiger partial charge in [-0.1, -0.05) is 0 Å². The molecule has 0 radical (unpaired) electrons. The van der Waals surface area contributed by atoms with Crippen LogP contribution in [-0.2, 0) is 9.53 Å². The zero-order chi connectivity index (χ0) is 12.7. The summed E-state index contributed by atoms with van der Waals surface area (Å²) in [4.78, 5) is 23.6. The van der Waals surface area contributed by atoms with E-state index in [1.54, 1.807) is 4.90 Å². The minimum absolute atomic E-state index is 0.00537. The normalized spacial score (nSPS) is 18.3. The van der Waals surface area contributed by atoms with E-state index in [1.807, 2.05) is 0 Å². The fourth-order valence-corrected chi connectivity index (χ4v) is 1.50. The van der Waals surface area contributed by atoms with Crippen LogP contribution in [0.1, 0.15) is 12.8 Å². The third kappa shape index (κ3) is 5.01. The number of aliphatic hydroxyl groups is 1. The van der Waals surface area contributed by atoms with Gasteiger partial charge in [-0.25, -0.2) is 9.59 Å². The second-order valence-corrected chi connectivity index (χ2v) is 3.83. The molecule has 1 heterocycles. The Kier molecular flexibility index (Phi) is 5.71. The summed E-state index contributed by atoms with van der Waals surface area (Å²) in [7, 11) is 0. The molecular weight excluding hydrogens is 228 g/mol. The van der Waals surface area contributed by atoms with Crippen LogP contribution < -0.4 is 5.32 Å². The van der Waals surface area contributed by atoms with Crippen molar-refractivity contribution in [1.29, 1.82) is 0 Å². The van der Waals surface area contributed by atoms with Crippen molar-refractivity contribution < 1.29 is 24.5 Å². The standard InChI is InChI=1S/C10H18N2O5/c13-8(9(14)15)2-3-11-10(16)12-4-1-6-17-7-5-12/h8,13H,1-7H2,(H,11,16)(H,14,15). The van der Waals surface area contributed by atoms with E-state index in [9.17, 15) is 9.59 Å². The number of nitrogens with zero attached hydrogens (tertiary/aromatic N) is 1. The first kappa shape index (κ1) is 13.7. The van der Waals surface area contributed by atoms with Gasteiger partial charge < -0.3 is 25.2 Å². The van der Waals surface area contributed by atoms with Crippen molar-refractivity contribution in [3.05, 3.63) is 0 Å². The van der Waals surface area contributed by atoms with Crippen LogP contribution in [0.2, 0.25) is 0 Å². The largest absolute Gasteiger partial charge is 0.479 e. The molecule has 17 heavy (non-hydrogen) atoms. The number of hydrogen-bond donors (Lipinski definition) is 3. The Labute approximate surface area is 99.4 Å². The molecule has 7 nitrogen and oxygen atoms in total. The Morgan fingerprint density at radius 3 is 2.82 bits per heavy atom. The highest BCUT2D eigenvalue weighted by Crippen LogP contribution is 1.99. The molecule has 0 aromatic rings. The average Bonchev–Trinajstić information content (AvgIpc) is 2.57. The number of carboxylic acid groups (broad SMARTS) is 1. The number of nitrogens with one attached hydrogen (secondary N) is 1. The minimum atomic E-state index is -1.43. The number of carbonyl (C=O) groups excluding carboxylic acids is 1. The highest BCUT2D eigenvalue weighted by molar-refractivity contribution is 5.74. The fourth-order valence-electron chi connectivity index (χ4n) is 1.50. The fraction of sp³-hybridized carbons (Fsp3) is 0.800. The summed E-state index contributed by atoms with van der Waals surface area (Å²) in [6.45, 7) is 2.48. The Morgan fingerprint density at radius 1 is 1.35 bits per heavy atom. The number of amides is 2. The Hall–Kier alpha value is -1.34. The summed E-state index contributed by atoms with van der Waals surface area (Å²) in [6, 6.07) is -0.243. The molecule has 1 aliphatic heterocycles. The molecule has 0 bridgehead atoms. The molecule has 1 atom stereocenters. The van der Waals surface area contributed by atoms with Gasteiger partial charge in [-0.3, -0.25) is 0 Å². The maximum absolute atomic E-state index is 11.6. The molecule has 0 aromatic carbocycles. The van der Waals surface area contributed by atoms with E-state index < -0.39 is 12.1 Å². The van der Waals surface area contributed by atoms with Crippen LogP contribution in [0.25, 0.3) is 0 Å². The lowest BCUT2D eigenvalue weighted by molar-refractivity contribution is -0.146. The van der Waals surface area contributed by atoms with E-state index in [-0.39, 0.29) is 19.0 Å². The first-order valence-corrected chi connectivity index (χ1v) is 5.62. The highest BCUT2D eigenvalue weighted by Gasteiger charge is 2.17. The predicted octanol–water partition coefficient (Wildman–Crippen LogP) is -0.746. The zero-order valence-electron chi connectivity index (χ0n) is 9.59. The van der Waals surface area contributed by atoms with E-state index in [2.05, 4.69) is 5.32 Å². The molecule has 1 rings (SSSR count). The van der Waals surface area contributed by atoms with Gasteiger partial charge in [0.05, 0.1) is 6.61 Å². The van der Waals surface area contributed by atoms with Crippen LogP contribution in [0.3, 0.4) is 0 Å². The van der Waals surface area contributed by atoms with Crippen LogP contribution in [0, 0.1) is 0 Å². The Balaban J connectivity index is 2.21. The lowest BCUT2D eigenvalue weighted by atomic mass is 10.2. The van der Waals surface area contributed by atoms with E-state index in [0.29, 0.717) is 26.3 Å². The number of aliphatic hydroxyl groups excluding tert-OH is 1. The smallest absolute Gasteiger partial charge is 0.332 e. The van der Waals surface area contributed by atoms with Crippen LogP contribution in [0.5, 0.6) is 0 Å². The van der Waals surface area contributed by atoms with Crippen LogP contribution in [0.15, 0.2) is 0 Å². The second kappa shape index (κ2) is 7.08. The summed E-state index contributed by atoms with van der Waals surface area (Å²) >= 11 is 0. The van der Waals surface area contributed by atoms with Crippen LogP contribution in [-0.4, -0.2) is 66.1 Å². The van der Waals surface area contributed by atoms with Gasteiger partial charge in [0.2, 0.25) is 0 Å². The SMILES string of the molecule is O=C(O)C(O)CCNC(=O)N1CCCOCC1. The van der Waals surface area contributed by atoms with E-state index >= 15 is 0 Å². The average molecular weight is 246 g/mol. The number of rotatable bonds is 4. The van der Waals surface area contributed by atoms with E-state index in [4.69, 9.17) is 14.9 Å². The van der Waals surface area contributed by atoms with Gasteiger partial charge >= 0.3 is 12.0 Å². The van der Waals surface area contributed by atoms with Crippen molar-refractivity contribution in [3.63, 3.8) is 0 Å². The summed E-state index contributed by atoms with van der Waals surface area (Å²) in [5, 5.41) is 20.0. The molecule has 0 aliphatic carbocycles. The summed E-state index contributed by atoms with van der Waals surface area (Å²) < 4.78 is 5.21. The Bertz CT molecular complexity index is 263. The molecule has 1 fully saturated rings. The molecule has 7 heteroatoms. The van der Waals surface area contributed by atoms with E-state index in [0.717, 1.165) is 6.42 Å². The quantitative estimate of drug-likeness (QED) is 0.606. The molecule has 3 N–H and O–H groups in total. The molecule has 2 amide bonds. The van der Waals surface area contributed by atoms with Gasteiger partial charge in [-0.05, 0) is 6.42 Å². The van der Waals surface area contributed by atoms with Gasteiger partial charge in [0.1, 0.15) is 0 Å². The molecule has 0 saturated carbocycles. The monoisotopic (exact) mass is 246 g/mol. The van der Waals surface area contributed by atoms with Crippen molar-refractivity contribution in [2.45, 2.75) is 18.9 Å². The second-order valence-electron chi connectivity index (χ2n) is 3.83. The first-order chi connectivity index (χ1) is 8.11. The maximum Gasteiger partial charge on any atom is 0.332 e. The lowest BCUT2D eigenvalue weighted by Crippen LogP contribution is -2.42. The third-order valence-electron chi connectivity index (χ3n) is 2.49. The molecule has 1 saturated heterocycles. The summed E-state index contributed by atoms with van der Waals surface area (Å²) in [5.74, 6) is -1.28. The number of aliphatic carboxylic acids is 1. The Morgan fingerprint density at radius 2 is 2.12 bits per heavy atom. The van der Waals surface area contributed by atoms with Crippen molar-refractivity contribution in [2.75, 3.05) is 32.8 Å². The molecule has 98 valence electrons. The van der Waals surface area contributed by atoms with E-state index in [1.165, 1.54) is 0 Å². The van der Waals surface area contributed by atoms with Crippen molar-refractivity contribution in [3.8, 4) is 0 Å². The summed E-state index contributed by atoms with van der Waals surface area (Å²) in [5.41, 5.74) is 0. The number of carbonyl (C=O) groups is 2. The van der Waals surface area contributed by atoms with Gasteiger partial charge in [0, 0.05) is 32.7 Å². The topological polar surface area (TPSA) is 99.1 Å². The van der Waals surface area contributed by atoms with Gasteiger partial charge in [-0.2, -0.15) is 0 Å². The number of ether oxygens (including phenoxy) is 1. The summed E-state index contributed by atoms with van der Waals surface area (Å²) in [6.07, 6.45) is -0.626. The molecule has 1 aliphatic rings. The molecule has 0 aromatic heterocycles. The third-order valence-corrected chi connectivity index (χ3v) is 2.49. The number of urea groups is 1. The molecular formula is C10H18N2O5. The minimum Gasteiger partial charge on any atom is -0.479 e. The van der Waals surface area contributed by atoms with Gasteiger partial charge in [0.25, 0.3) is 0 Å². The molecule has 1 unspecified atom stereocenters.